The van der Waals surface area contributed by atoms with Crippen LogP contribution in [0.25, 0.3) is 0 Å². The summed E-state index contributed by atoms with van der Waals surface area (Å²) in [5.41, 5.74) is 0. The molecule has 0 aromatic heterocycles. The Balaban J connectivity index is 2.46. The lowest BCUT2D eigenvalue weighted by Crippen LogP contribution is -2.30. The molecule has 2 nitrogen and oxygen atoms in total. The molecule has 0 aromatic carbocycles. The minimum Gasteiger partial charge on any atom is -0.321 e. The molecule has 1 saturated heterocycles. The lowest BCUT2D eigenvalue weighted by atomic mass is 10.4. The maximum Gasteiger partial charge on any atom is 0.391 e. The fraction of sp³-hybridized carbons (Fsp3) is 0.833. The fourth-order valence-corrected chi connectivity index (χ4v) is 2.20. The number of nitrogens with zero attached hydrogens (tertiary/aromatic N) is 1. The van der Waals surface area contributed by atoms with Crippen molar-refractivity contribution < 1.29 is 18.0 Å². The first-order valence-electron chi connectivity index (χ1n) is 3.36. The van der Waals surface area contributed by atoms with Crippen molar-refractivity contribution in [2.45, 2.75) is 18.0 Å². The van der Waals surface area contributed by atoms with Crippen molar-refractivity contribution in [2.24, 2.45) is 0 Å². The van der Waals surface area contributed by atoms with Crippen LogP contribution in [0.4, 0.5) is 13.2 Å². The van der Waals surface area contributed by atoms with E-state index in [1.807, 2.05) is 0 Å². The van der Waals surface area contributed by atoms with Crippen LogP contribution < -0.4 is 0 Å². The lowest BCUT2D eigenvalue weighted by molar-refractivity contribution is -0.138. The molecule has 1 radical (unpaired) electrons. The number of amides is 1. The number of thioether (sulfide) groups is 1. The summed E-state index contributed by atoms with van der Waals surface area (Å²) in [6, 6.07) is 0. The zero-order valence-electron chi connectivity index (χ0n) is 6.10. The van der Waals surface area contributed by atoms with Gasteiger partial charge in [0.15, 0.2) is 0 Å². The number of rotatable bonds is 2. The van der Waals surface area contributed by atoms with E-state index < -0.39 is 18.0 Å². The number of hydrogen-bond acceptors (Lipinski definition) is 2. The van der Waals surface area contributed by atoms with E-state index in [0.29, 0.717) is 12.3 Å². The smallest absolute Gasteiger partial charge is 0.321 e. The summed E-state index contributed by atoms with van der Waals surface area (Å²) < 4.78 is 35.5. The third-order valence-electron chi connectivity index (χ3n) is 1.51. The van der Waals surface area contributed by atoms with E-state index in [1.165, 1.54) is 6.41 Å². The van der Waals surface area contributed by atoms with Crippen LogP contribution in [0.1, 0.15) is 6.42 Å². The Kier molecular flexibility index (Phi) is 2.87. The van der Waals surface area contributed by atoms with Gasteiger partial charge in [-0.3, -0.25) is 4.79 Å². The normalized spacial score (nSPS) is 24.6. The Morgan fingerprint density at radius 1 is 1.58 bits per heavy atom. The Hall–Kier alpha value is -0.390. The molecular weight excluding hydrogens is 191 g/mol. The molecule has 1 amide bonds. The SMILES string of the molecule is O=[C]N1CCSC1CC(F)(F)F. The maximum absolute atomic E-state index is 11.8. The van der Waals surface area contributed by atoms with Gasteiger partial charge in [0.1, 0.15) is 0 Å². The van der Waals surface area contributed by atoms with E-state index in [2.05, 4.69) is 0 Å². The predicted molar refractivity (Wildman–Crippen MR) is 39.3 cm³/mol. The van der Waals surface area contributed by atoms with Gasteiger partial charge in [-0.15, -0.1) is 11.8 Å². The van der Waals surface area contributed by atoms with Crippen LogP contribution >= 0.6 is 11.8 Å². The summed E-state index contributed by atoms with van der Waals surface area (Å²) in [6.45, 7) is 0.370. The molecule has 1 atom stereocenters. The van der Waals surface area contributed by atoms with Gasteiger partial charge in [0, 0.05) is 12.3 Å². The van der Waals surface area contributed by atoms with Gasteiger partial charge in [-0.1, -0.05) is 0 Å². The summed E-state index contributed by atoms with van der Waals surface area (Å²) in [6.07, 6.45) is -3.64. The summed E-state index contributed by atoms with van der Waals surface area (Å²) >= 11 is 1.15. The minimum absolute atomic E-state index is 0.370. The first-order valence-corrected chi connectivity index (χ1v) is 4.40. The van der Waals surface area contributed by atoms with Crippen molar-refractivity contribution in [2.75, 3.05) is 12.3 Å². The van der Waals surface area contributed by atoms with E-state index in [0.717, 1.165) is 16.7 Å². The van der Waals surface area contributed by atoms with Gasteiger partial charge in [-0.2, -0.15) is 13.2 Å². The van der Waals surface area contributed by atoms with Gasteiger partial charge in [0.05, 0.1) is 11.8 Å². The monoisotopic (exact) mass is 198 g/mol. The zero-order valence-corrected chi connectivity index (χ0v) is 6.91. The van der Waals surface area contributed by atoms with Crippen molar-refractivity contribution >= 4 is 18.2 Å². The standard InChI is InChI=1S/C6H7F3NOS/c7-6(8,9)3-5-10(4-11)1-2-12-5/h5H,1-3H2. The molecule has 69 valence electrons. The second-order valence-corrected chi connectivity index (χ2v) is 3.72. The molecule has 0 N–H and O–H groups in total. The number of alkyl halides is 3. The molecule has 0 bridgehead atoms. The van der Waals surface area contributed by atoms with Gasteiger partial charge in [-0.25, -0.2) is 0 Å². The number of halogens is 3. The average molecular weight is 198 g/mol. The Labute approximate surface area is 72.1 Å². The molecule has 1 aliphatic rings. The van der Waals surface area contributed by atoms with Crippen LogP contribution in [0, 0.1) is 0 Å². The third-order valence-corrected chi connectivity index (χ3v) is 2.74. The number of hydrogen-bond donors (Lipinski definition) is 0. The summed E-state index contributed by atoms with van der Waals surface area (Å²) in [4.78, 5) is 11.2. The maximum atomic E-state index is 11.8. The highest BCUT2D eigenvalue weighted by molar-refractivity contribution is 8.00. The van der Waals surface area contributed by atoms with Gasteiger partial charge < -0.3 is 4.90 Å². The van der Waals surface area contributed by atoms with Gasteiger partial charge in [0.2, 0.25) is 0 Å². The average Bonchev–Trinajstić information content (AvgIpc) is 2.31. The van der Waals surface area contributed by atoms with Gasteiger partial charge in [-0.05, 0) is 0 Å². The quantitative estimate of drug-likeness (QED) is 0.668. The molecule has 0 aliphatic carbocycles. The second-order valence-electron chi connectivity index (χ2n) is 2.43. The van der Waals surface area contributed by atoms with E-state index in [1.54, 1.807) is 0 Å². The summed E-state index contributed by atoms with van der Waals surface area (Å²) in [5.74, 6) is 0.565. The molecule has 1 unspecified atom stereocenters. The van der Waals surface area contributed by atoms with Crippen molar-refractivity contribution in [1.29, 1.82) is 0 Å². The summed E-state index contributed by atoms with van der Waals surface area (Å²) in [7, 11) is 0. The van der Waals surface area contributed by atoms with E-state index in [4.69, 9.17) is 0 Å². The fourth-order valence-electron chi connectivity index (χ4n) is 0.993. The highest BCUT2D eigenvalue weighted by Crippen LogP contribution is 2.32. The second kappa shape index (κ2) is 3.55. The largest absolute Gasteiger partial charge is 0.391 e. The first-order chi connectivity index (χ1) is 5.53. The van der Waals surface area contributed by atoms with Crippen molar-refractivity contribution in [1.82, 2.24) is 4.90 Å². The van der Waals surface area contributed by atoms with E-state index in [-0.39, 0.29) is 0 Å². The highest BCUT2D eigenvalue weighted by atomic mass is 32.2. The van der Waals surface area contributed by atoms with E-state index in [9.17, 15) is 18.0 Å². The minimum atomic E-state index is -4.20. The Morgan fingerprint density at radius 2 is 2.25 bits per heavy atom. The van der Waals surface area contributed by atoms with E-state index >= 15 is 0 Å². The van der Waals surface area contributed by atoms with Crippen LogP contribution in [-0.2, 0) is 4.79 Å². The molecule has 1 aliphatic heterocycles. The third kappa shape index (κ3) is 2.58. The molecule has 1 fully saturated rings. The van der Waals surface area contributed by atoms with Crippen LogP contribution in [0.3, 0.4) is 0 Å². The number of carbonyl (C=O) groups excluding carboxylic acids is 1. The van der Waals surface area contributed by atoms with Crippen LogP contribution in [-0.4, -0.2) is 35.2 Å². The first kappa shape index (κ1) is 9.70. The highest BCUT2D eigenvalue weighted by Gasteiger charge is 2.37. The van der Waals surface area contributed by atoms with Crippen LogP contribution in [0.15, 0.2) is 0 Å². The van der Waals surface area contributed by atoms with Crippen molar-refractivity contribution in [3.05, 3.63) is 0 Å². The summed E-state index contributed by atoms with van der Waals surface area (Å²) in [5, 5.41) is -0.762. The lowest BCUT2D eigenvalue weighted by Gasteiger charge is -2.18. The molecule has 0 spiro atoms. The molecule has 1 heterocycles. The van der Waals surface area contributed by atoms with Gasteiger partial charge in [0.25, 0.3) is 0 Å². The van der Waals surface area contributed by atoms with Crippen molar-refractivity contribution in [3.8, 4) is 0 Å². The Morgan fingerprint density at radius 3 is 2.75 bits per heavy atom. The van der Waals surface area contributed by atoms with Crippen LogP contribution in [0.2, 0.25) is 0 Å². The van der Waals surface area contributed by atoms with Crippen molar-refractivity contribution in [3.63, 3.8) is 0 Å². The zero-order chi connectivity index (χ0) is 9.19. The van der Waals surface area contributed by atoms with Gasteiger partial charge >= 0.3 is 12.6 Å². The molecule has 6 heteroatoms. The molecule has 12 heavy (non-hydrogen) atoms. The molecular formula is C6H7F3NOS. The molecule has 0 saturated carbocycles. The Bertz CT molecular complexity index is 173. The topological polar surface area (TPSA) is 20.3 Å². The molecule has 0 aromatic rings. The predicted octanol–water partition coefficient (Wildman–Crippen LogP) is 1.38. The van der Waals surface area contributed by atoms with Crippen LogP contribution in [0.5, 0.6) is 0 Å². The molecule has 1 rings (SSSR count).